The molecule has 1 aliphatic carbocycles. The summed E-state index contributed by atoms with van der Waals surface area (Å²) in [6.07, 6.45) is 4.81. The molecule has 19 heavy (non-hydrogen) atoms. The number of benzene rings is 1. The maximum atomic E-state index is 6.56. The van der Waals surface area contributed by atoms with E-state index in [9.17, 15) is 0 Å². The summed E-state index contributed by atoms with van der Waals surface area (Å²) in [5.41, 5.74) is 9.54. The molecular formula is C17H21NS. The molecule has 1 nitrogen and oxygen atoms in total. The monoisotopic (exact) mass is 271 g/mol. The first kappa shape index (κ1) is 12.9. The van der Waals surface area contributed by atoms with Gasteiger partial charge in [-0.1, -0.05) is 31.2 Å². The number of thiophene rings is 1. The molecule has 0 fully saturated rings. The fourth-order valence-corrected chi connectivity index (χ4v) is 4.15. The number of nitrogens with two attached hydrogens (primary N) is 1. The third-order valence-electron chi connectivity index (χ3n) is 4.21. The smallest absolute Gasteiger partial charge is 0.0459 e. The molecule has 2 heteroatoms. The van der Waals surface area contributed by atoms with Gasteiger partial charge in [-0.15, -0.1) is 11.3 Å². The van der Waals surface area contributed by atoms with E-state index in [4.69, 9.17) is 5.73 Å². The number of hydrogen-bond donors (Lipinski definition) is 1. The molecule has 2 unspecified atom stereocenters. The zero-order valence-corrected chi connectivity index (χ0v) is 12.2. The molecular weight excluding hydrogens is 250 g/mol. The molecule has 0 saturated heterocycles. The van der Waals surface area contributed by atoms with Gasteiger partial charge in [0.15, 0.2) is 0 Å². The minimum absolute atomic E-state index is 0.159. The van der Waals surface area contributed by atoms with E-state index in [-0.39, 0.29) is 6.04 Å². The van der Waals surface area contributed by atoms with E-state index in [1.54, 1.807) is 0 Å². The lowest BCUT2D eigenvalue weighted by molar-refractivity contribution is 0.479. The molecule has 2 aromatic rings. The van der Waals surface area contributed by atoms with Crippen molar-refractivity contribution in [3.05, 3.63) is 57.3 Å². The fraction of sp³-hybridized carbons (Fsp3) is 0.412. The van der Waals surface area contributed by atoms with Crippen LogP contribution >= 0.6 is 11.3 Å². The van der Waals surface area contributed by atoms with E-state index in [1.807, 2.05) is 11.3 Å². The van der Waals surface area contributed by atoms with Crippen molar-refractivity contribution in [2.24, 2.45) is 5.73 Å². The van der Waals surface area contributed by atoms with Crippen LogP contribution < -0.4 is 5.73 Å². The van der Waals surface area contributed by atoms with Crippen LogP contribution in [0.1, 0.15) is 52.6 Å². The van der Waals surface area contributed by atoms with Crippen molar-refractivity contribution in [1.82, 2.24) is 0 Å². The minimum Gasteiger partial charge on any atom is -0.323 e. The third kappa shape index (κ3) is 2.47. The van der Waals surface area contributed by atoms with Gasteiger partial charge in [0, 0.05) is 21.7 Å². The van der Waals surface area contributed by atoms with Crippen molar-refractivity contribution in [1.29, 1.82) is 0 Å². The highest BCUT2D eigenvalue weighted by Crippen LogP contribution is 2.40. The summed E-state index contributed by atoms with van der Waals surface area (Å²) in [6, 6.07) is 13.4. The number of rotatable bonds is 3. The highest BCUT2D eigenvalue weighted by atomic mass is 32.1. The molecule has 0 spiro atoms. The van der Waals surface area contributed by atoms with Gasteiger partial charge in [-0.05, 0) is 48.9 Å². The molecule has 0 saturated carbocycles. The Bertz CT molecular complexity index is 558. The Balaban J connectivity index is 1.90. The Morgan fingerprint density at radius 2 is 2.11 bits per heavy atom. The second-order valence-corrected chi connectivity index (χ2v) is 6.58. The zero-order chi connectivity index (χ0) is 13.2. The van der Waals surface area contributed by atoms with Crippen LogP contribution in [0.2, 0.25) is 0 Å². The molecule has 2 atom stereocenters. The summed E-state index contributed by atoms with van der Waals surface area (Å²) in [7, 11) is 0. The number of fused-ring (bicyclic) bond motifs is 1. The van der Waals surface area contributed by atoms with Crippen molar-refractivity contribution in [2.45, 2.75) is 44.6 Å². The molecule has 1 aromatic carbocycles. The second kappa shape index (κ2) is 5.48. The van der Waals surface area contributed by atoms with Gasteiger partial charge >= 0.3 is 0 Å². The predicted octanol–water partition coefficient (Wildman–Crippen LogP) is 4.43. The van der Waals surface area contributed by atoms with E-state index in [1.165, 1.54) is 40.1 Å². The topological polar surface area (TPSA) is 26.0 Å². The van der Waals surface area contributed by atoms with Crippen LogP contribution in [0, 0.1) is 0 Å². The van der Waals surface area contributed by atoms with Crippen LogP contribution in [0.25, 0.3) is 0 Å². The molecule has 0 aliphatic heterocycles. The van der Waals surface area contributed by atoms with Crippen molar-refractivity contribution in [3.63, 3.8) is 0 Å². The van der Waals surface area contributed by atoms with Crippen molar-refractivity contribution >= 4 is 11.3 Å². The summed E-state index contributed by atoms with van der Waals surface area (Å²) in [5, 5.41) is 0. The van der Waals surface area contributed by atoms with Gasteiger partial charge in [0.05, 0.1) is 0 Å². The van der Waals surface area contributed by atoms with Gasteiger partial charge in [-0.25, -0.2) is 0 Å². The van der Waals surface area contributed by atoms with E-state index >= 15 is 0 Å². The summed E-state index contributed by atoms with van der Waals surface area (Å²) >= 11 is 1.88. The van der Waals surface area contributed by atoms with Gasteiger partial charge in [-0.2, -0.15) is 0 Å². The Morgan fingerprint density at radius 1 is 1.26 bits per heavy atom. The normalized spacial score (nSPS) is 20.0. The molecule has 3 rings (SSSR count). The number of hydrogen-bond acceptors (Lipinski definition) is 2. The lowest BCUT2D eigenvalue weighted by Gasteiger charge is -2.29. The predicted molar refractivity (Wildman–Crippen MR) is 82.7 cm³/mol. The average molecular weight is 271 g/mol. The molecule has 100 valence electrons. The molecule has 1 aliphatic rings. The van der Waals surface area contributed by atoms with Crippen molar-refractivity contribution < 1.29 is 0 Å². The number of aryl methyl sites for hydroxylation is 2. The Morgan fingerprint density at radius 3 is 2.89 bits per heavy atom. The van der Waals surface area contributed by atoms with Crippen molar-refractivity contribution in [2.75, 3.05) is 0 Å². The van der Waals surface area contributed by atoms with Crippen LogP contribution in [-0.4, -0.2) is 0 Å². The largest absolute Gasteiger partial charge is 0.323 e. The molecule has 0 radical (unpaired) electrons. The van der Waals surface area contributed by atoms with E-state index < -0.39 is 0 Å². The Labute approximate surface area is 119 Å². The molecule has 0 amide bonds. The van der Waals surface area contributed by atoms with E-state index in [2.05, 4.69) is 43.3 Å². The van der Waals surface area contributed by atoms with Crippen molar-refractivity contribution in [3.8, 4) is 0 Å². The lowest BCUT2D eigenvalue weighted by Crippen LogP contribution is -2.22. The highest BCUT2D eigenvalue weighted by molar-refractivity contribution is 7.12. The SMILES string of the molecule is CCc1ccc(C(N)C2CCCc3ccccc32)s1. The van der Waals surface area contributed by atoms with Gasteiger partial charge in [0.2, 0.25) is 0 Å². The van der Waals surface area contributed by atoms with Crippen LogP contribution in [0.3, 0.4) is 0 Å². The van der Waals surface area contributed by atoms with Gasteiger partial charge in [0.1, 0.15) is 0 Å². The highest BCUT2D eigenvalue weighted by Gasteiger charge is 2.27. The van der Waals surface area contributed by atoms with Crippen LogP contribution in [0.5, 0.6) is 0 Å². The van der Waals surface area contributed by atoms with E-state index in [0.717, 1.165) is 6.42 Å². The fourth-order valence-electron chi connectivity index (χ4n) is 3.13. The Hall–Kier alpha value is -1.12. The molecule has 0 bridgehead atoms. The van der Waals surface area contributed by atoms with Crippen LogP contribution in [0.15, 0.2) is 36.4 Å². The second-order valence-electron chi connectivity index (χ2n) is 5.38. The molecule has 1 heterocycles. The van der Waals surface area contributed by atoms with Gasteiger partial charge in [-0.3, -0.25) is 0 Å². The first-order valence-electron chi connectivity index (χ1n) is 7.21. The van der Waals surface area contributed by atoms with Gasteiger partial charge < -0.3 is 5.73 Å². The summed E-state index contributed by atoms with van der Waals surface area (Å²) < 4.78 is 0. The maximum Gasteiger partial charge on any atom is 0.0459 e. The quantitative estimate of drug-likeness (QED) is 0.878. The van der Waals surface area contributed by atoms with Gasteiger partial charge in [0.25, 0.3) is 0 Å². The van der Waals surface area contributed by atoms with Crippen LogP contribution in [0.4, 0.5) is 0 Å². The summed E-state index contributed by atoms with van der Waals surface area (Å²) in [6.45, 7) is 2.21. The minimum atomic E-state index is 0.159. The summed E-state index contributed by atoms with van der Waals surface area (Å²) in [5.74, 6) is 0.494. The first-order chi connectivity index (χ1) is 9.29. The van der Waals surface area contributed by atoms with E-state index in [0.29, 0.717) is 5.92 Å². The lowest BCUT2D eigenvalue weighted by atomic mass is 9.78. The molecule has 2 N–H and O–H groups in total. The summed E-state index contributed by atoms with van der Waals surface area (Å²) in [4.78, 5) is 2.79. The first-order valence-corrected chi connectivity index (χ1v) is 8.03. The third-order valence-corrected chi connectivity index (χ3v) is 5.54. The molecule has 1 aromatic heterocycles. The average Bonchev–Trinajstić information content (AvgIpc) is 2.95. The maximum absolute atomic E-state index is 6.56. The Kier molecular flexibility index (Phi) is 3.72. The standard InChI is InChI=1S/C17H21NS/c1-2-13-10-11-16(19-13)17(18)15-9-5-7-12-6-3-4-8-14(12)15/h3-4,6,8,10-11,15,17H,2,5,7,9,18H2,1H3. The van der Waals surface area contributed by atoms with Crippen LogP contribution in [-0.2, 0) is 12.8 Å². The zero-order valence-electron chi connectivity index (χ0n) is 11.4.